The average molecular weight is 803 g/mol. The maximum absolute atomic E-state index is 14.3. The molecule has 1 aromatic heterocycles. The summed E-state index contributed by atoms with van der Waals surface area (Å²) in [7, 11) is 0. The Morgan fingerprint density at radius 2 is 1.61 bits per heavy atom. The second kappa shape index (κ2) is 20.1. The van der Waals surface area contributed by atoms with E-state index in [4.69, 9.17) is 17.3 Å². The number of nitrogens with zero attached hydrogens (tertiary/aromatic N) is 1. The summed E-state index contributed by atoms with van der Waals surface area (Å²) in [4.78, 5) is 95.6. The van der Waals surface area contributed by atoms with E-state index in [1.807, 2.05) is 60.7 Å². The number of aromatic amines is 1. The number of hydrogen-bond donors (Lipinski definition) is 8. The number of aliphatic carboxylic acids is 1. The number of anilines is 1. The fourth-order valence-electron chi connectivity index (χ4n) is 6.98. The summed E-state index contributed by atoms with van der Waals surface area (Å²) in [6.07, 6.45) is 2.90. The van der Waals surface area contributed by atoms with E-state index in [1.165, 1.54) is 4.90 Å². The van der Waals surface area contributed by atoms with Crippen LogP contribution in [-0.4, -0.2) is 99.7 Å². The van der Waals surface area contributed by atoms with Crippen LogP contribution in [0.15, 0.2) is 72.9 Å². The van der Waals surface area contributed by atoms with Crippen LogP contribution in [0.5, 0.6) is 0 Å². The molecule has 0 unspecified atom stereocenters. The molecule has 302 valence electrons. The maximum atomic E-state index is 14.3. The van der Waals surface area contributed by atoms with Gasteiger partial charge in [0.1, 0.15) is 30.0 Å². The minimum Gasteiger partial charge on any atom is -0.481 e. The lowest BCUT2D eigenvalue weighted by Crippen LogP contribution is -2.60. The van der Waals surface area contributed by atoms with Gasteiger partial charge in [-0.3, -0.25) is 28.8 Å². The van der Waals surface area contributed by atoms with Gasteiger partial charge in [0.25, 0.3) is 0 Å². The zero-order valence-corrected chi connectivity index (χ0v) is 32.0. The number of carbonyl (C=O) groups excluding carboxylic acids is 6. The highest BCUT2D eigenvalue weighted by Gasteiger charge is 2.38. The van der Waals surface area contributed by atoms with Gasteiger partial charge in [-0.2, -0.15) is 0 Å². The molecule has 1 saturated heterocycles. The van der Waals surface area contributed by atoms with Gasteiger partial charge in [0.05, 0.1) is 0 Å². The van der Waals surface area contributed by atoms with Crippen LogP contribution in [0, 0.1) is 0 Å². The van der Waals surface area contributed by atoms with Crippen LogP contribution in [0.4, 0.5) is 10.5 Å². The topological polar surface area (TPSA) is 245 Å². The number of nitrogens with two attached hydrogens (primary N) is 1. The molecule has 17 heteroatoms. The first kappa shape index (κ1) is 42.0. The maximum Gasteiger partial charge on any atom is 0.312 e. The number of halogens is 1. The Hall–Kier alpha value is -6.16. The van der Waals surface area contributed by atoms with Crippen molar-refractivity contribution in [3.8, 4) is 0 Å². The number of carboxylic acid groups (broad SMARTS) is 1. The predicted molar refractivity (Wildman–Crippen MR) is 214 cm³/mol. The number of nitrogens with one attached hydrogen (secondary N) is 6. The van der Waals surface area contributed by atoms with Crippen molar-refractivity contribution >= 4 is 80.5 Å². The standard InChI is InChI=1S/C40H47ClN8O8/c41-22-34(50)46-31(16-17-35(51)52)39(56)49-19-6-5-13-33(49)38(55)48-32(21-26-23-44-29-11-4-3-10-28(26)29)37(54)47-30(12-7-18-43-40(42)57)36(53)45-27-15-14-24-8-1-2-9-25(24)20-27/h1-4,8-11,14-15,20,23,30-33,44H,5-7,12-13,16-19,21-22H2,(H,45,53)(H,46,50)(H,47,54)(H,48,55)(H,51,52)(H3,42,43,57)/t30-,31-,32-,33-/m0/s1. The average Bonchev–Trinajstić information content (AvgIpc) is 3.62. The Balaban J connectivity index is 1.40. The summed E-state index contributed by atoms with van der Waals surface area (Å²) < 4.78 is 0. The number of urea groups is 1. The first-order valence-corrected chi connectivity index (χ1v) is 19.3. The Morgan fingerprint density at radius 1 is 0.860 bits per heavy atom. The summed E-state index contributed by atoms with van der Waals surface area (Å²) >= 11 is 5.67. The number of primary amides is 1. The van der Waals surface area contributed by atoms with E-state index in [0.29, 0.717) is 24.1 Å². The van der Waals surface area contributed by atoms with Crippen LogP contribution in [0.25, 0.3) is 21.7 Å². The third kappa shape index (κ3) is 11.7. The number of rotatable bonds is 18. The minimum absolute atomic E-state index is 0.0114. The number of hydrogen-bond acceptors (Lipinski definition) is 7. The number of aromatic nitrogens is 1. The van der Waals surface area contributed by atoms with Crippen LogP contribution in [0.3, 0.4) is 0 Å². The molecular weight excluding hydrogens is 756 g/mol. The predicted octanol–water partition coefficient (Wildman–Crippen LogP) is 2.89. The summed E-state index contributed by atoms with van der Waals surface area (Å²) in [5, 5.41) is 25.5. The quantitative estimate of drug-likeness (QED) is 0.0548. The van der Waals surface area contributed by atoms with Gasteiger partial charge < -0.3 is 47.3 Å². The number of amides is 7. The zero-order valence-electron chi connectivity index (χ0n) is 31.2. The monoisotopic (exact) mass is 802 g/mol. The van der Waals surface area contributed by atoms with Gasteiger partial charge in [-0.05, 0) is 73.1 Å². The molecule has 5 rings (SSSR count). The van der Waals surface area contributed by atoms with Crippen molar-refractivity contribution in [3.05, 3.63) is 78.5 Å². The summed E-state index contributed by atoms with van der Waals surface area (Å²) in [5.74, 6) is -4.75. The normalized spacial score (nSPS) is 15.5. The largest absolute Gasteiger partial charge is 0.481 e. The van der Waals surface area contributed by atoms with E-state index in [-0.39, 0.29) is 45.2 Å². The number of likely N-dealkylation sites (tertiary alicyclic amines) is 1. The molecule has 0 radical (unpaired) electrons. The highest BCUT2D eigenvalue weighted by molar-refractivity contribution is 6.27. The summed E-state index contributed by atoms with van der Waals surface area (Å²) in [5.41, 5.74) is 7.26. The van der Waals surface area contributed by atoms with Crippen molar-refractivity contribution in [3.63, 3.8) is 0 Å². The summed E-state index contributed by atoms with van der Waals surface area (Å²) in [6, 6.07) is 15.2. The van der Waals surface area contributed by atoms with Gasteiger partial charge in [-0.15, -0.1) is 11.6 Å². The van der Waals surface area contributed by atoms with Gasteiger partial charge in [0.15, 0.2) is 0 Å². The molecule has 3 aromatic carbocycles. The molecule has 0 aliphatic carbocycles. The van der Waals surface area contributed by atoms with E-state index in [2.05, 4.69) is 31.6 Å². The number of benzene rings is 3. The van der Waals surface area contributed by atoms with Crippen molar-refractivity contribution in [1.82, 2.24) is 31.2 Å². The molecule has 7 amide bonds. The van der Waals surface area contributed by atoms with Gasteiger partial charge in [0, 0.05) is 48.7 Å². The Morgan fingerprint density at radius 3 is 2.37 bits per heavy atom. The fourth-order valence-corrected chi connectivity index (χ4v) is 7.06. The number of piperidine rings is 1. The number of alkyl halides is 1. The van der Waals surface area contributed by atoms with Crippen molar-refractivity contribution in [1.29, 1.82) is 0 Å². The van der Waals surface area contributed by atoms with Gasteiger partial charge in [-0.25, -0.2) is 4.79 Å². The lowest BCUT2D eigenvalue weighted by molar-refractivity contribution is -0.146. The lowest BCUT2D eigenvalue weighted by atomic mass is 9.97. The molecule has 4 aromatic rings. The van der Waals surface area contributed by atoms with E-state index in [1.54, 1.807) is 12.3 Å². The SMILES string of the molecule is NC(=O)NCCC[C@H](NC(=O)[C@H](Cc1c[nH]c2ccccc12)NC(=O)[C@@H]1CCCCN1C(=O)[C@H](CCC(=O)O)NC(=O)CCl)C(=O)Nc1ccc2ccccc2c1. The molecule has 57 heavy (non-hydrogen) atoms. The number of carbonyl (C=O) groups is 7. The van der Waals surface area contributed by atoms with Gasteiger partial charge in [0.2, 0.25) is 29.5 Å². The highest BCUT2D eigenvalue weighted by atomic mass is 35.5. The van der Waals surface area contributed by atoms with Crippen molar-refractivity contribution in [2.75, 3.05) is 24.3 Å². The molecule has 1 fully saturated rings. The molecule has 1 aliphatic rings. The highest BCUT2D eigenvalue weighted by Crippen LogP contribution is 2.23. The van der Waals surface area contributed by atoms with E-state index in [0.717, 1.165) is 21.7 Å². The first-order chi connectivity index (χ1) is 27.4. The van der Waals surface area contributed by atoms with Gasteiger partial charge >= 0.3 is 12.0 Å². The van der Waals surface area contributed by atoms with Crippen LogP contribution < -0.4 is 32.3 Å². The molecule has 16 nitrogen and oxygen atoms in total. The third-order valence-electron chi connectivity index (χ3n) is 9.84. The van der Waals surface area contributed by atoms with Crippen molar-refractivity contribution in [2.45, 2.75) is 75.5 Å². The lowest BCUT2D eigenvalue weighted by Gasteiger charge is -2.37. The Bertz CT molecular complexity index is 2110. The molecular formula is C40H47ClN8O8. The van der Waals surface area contributed by atoms with E-state index in [9.17, 15) is 38.7 Å². The van der Waals surface area contributed by atoms with Crippen LogP contribution in [0.2, 0.25) is 0 Å². The van der Waals surface area contributed by atoms with Crippen molar-refractivity contribution in [2.24, 2.45) is 5.73 Å². The van der Waals surface area contributed by atoms with Crippen LogP contribution >= 0.6 is 11.6 Å². The molecule has 4 atom stereocenters. The molecule has 0 bridgehead atoms. The molecule has 0 spiro atoms. The first-order valence-electron chi connectivity index (χ1n) is 18.8. The Kier molecular flexibility index (Phi) is 14.8. The van der Waals surface area contributed by atoms with Crippen molar-refractivity contribution < 1.29 is 38.7 Å². The zero-order chi connectivity index (χ0) is 40.9. The van der Waals surface area contributed by atoms with Crippen LogP contribution in [-0.2, 0) is 35.2 Å². The second-order valence-electron chi connectivity index (χ2n) is 13.9. The summed E-state index contributed by atoms with van der Waals surface area (Å²) in [6.45, 7) is 0.303. The molecule has 1 aliphatic heterocycles. The second-order valence-corrected chi connectivity index (χ2v) is 14.2. The number of fused-ring (bicyclic) bond motifs is 2. The number of carboxylic acids is 1. The third-order valence-corrected chi connectivity index (χ3v) is 10.1. The van der Waals surface area contributed by atoms with Crippen LogP contribution in [0.1, 0.15) is 50.5 Å². The fraction of sp³-hybridized carbons (Fsp3) is 0.375. The number of para-hydroxylation sites is 1. The van der Waals surface area contributed by atoms with E-state index < -0.39 is 78.0 Å². The Labute approximate surface area is 333 Å². The molecule has 9 N–H and O–H groups in total. The van der Waals surface area contributed by atoms with E-state index >= 15 is 0 Å². The number of H-pyrrole nitrogens is 1. The minimum atomic E-state index is -1.24. The van der Waals surface area contributed by atoms with Gasteiger partial charge in [-0.1, -0.05) is 48.5 Å². The molecule has 0 saturated carbocycles. The smallest absolute Gasteiger partial charge is 0.312 e. The molecule has 2 heterocycles.